The number of hydrogen-bond donors (Lipinski definition) is 3. The molecule has 0 fully saturated rings. The number of hydrogen-bond acceptors (Lipinski definition) is 3. The Kier molecular flexibility index (Phi) is 6.70. The van der Waals surface area contributed by atoms with Gasteiger partial charge in [-0.25, -0.2) is 4.79 Å². The van der Waals surface area contributed by atoms with E-state index in [9.17, 15) is 9.59 Å². The molecule has 0 unspecified atom stereocenters. The predicted octanol–water partition coefficient (Wildman–Crippen LogP) is 4.77. The van der Waals surface area contributed by atoms with E-state index in [1.165, 1.54) is 11.1 Å². The summed E-state index contributed by atoms with van der Waals surface area (Å²) >= 11 is 0. The van der Waals surface area contributed by atoms with Crippen molar-refractivity contribution < 1.29 is 14.3 Å². The molecule has 6 nitrogen and oxygen atoms in total. The van der Waals surface area contributed by atoms with E-state index in [0.29, 0.717) is 11.5 Å². The Morgan fingerprint density at radius 3 is 2.53 bits per heavy atom. The van der Waals surface area contributed by atoms with E-state index in [0.717, 1.165) is 24.8 Å². The van der Waals surface area contributed by atoms with Gasteiger partial charge in [-0.1, -0.05) is 54.6 Å². The van der Waals surface area contributed by atoms with Gasteiger partial charge in [-0.2, -0.15) is 0 Å². The third-order valence-electron chi connectivity index (χ3n) is 5.65. The molecule has 0 saturated heterocycles. The van der Waals surface area contributed by atoms with Crippen LogP contribution >= 0.6 is 0 Å². The van der Waals surface area contributed by atoms with Crippen LogP contribution < -0.4 is 21.1 Å². The molecule has 0 bridgehead atoms. The van der Waals surface area contributed by atoms with Crippen LogP contribution in [0.2, 0.25) is 0 Å². The van der Waals surface area contributed by atoms with Crippen molar-refractivity contribution in [2.24, 2.45) is 5.73 Å². The summed E-state index contributed by atoms with van der Waals surface area (Å²) in [6, 6.07) is 23.7. The zero-order valence-electron chi connectivity index (χ0n) is 17.8. The highest BCUT2D eigenvalue weighted by Crippen LogP contribution is 2.30. The Morgan fingerprint density at radius 2 is 1.72 bits per heavy atom. The summed E-state index contributed by atoms with van der Waals surface area (Å²) in [4.78, 5) is 24.6. The third-order valence-corrected chi connectivity index (χ3v) is 5.65. The van der Waals surface area contributed by atoms with Crippen LogP contribution in [0.25, 0.3) is 0 Å². The fraction of sp³-hybridized carbons (Fsp3) is 0.231. The van der Waals surface area contributed by atoms with E-state index in [-0.39, 0.29) is 18.4 Å². The average Bonchev–Trinajstić information content (AvgIpc) is 2.79. The van der Waals surface area contributed by atoms with Crippen LogP contribution in [0.4, 0.5) is 4.79 Å². The normalized spacial score (nSPS) is 15.8. The average molecular weight is 430 g/mol. The number of rotatable bonds is 7. The lowest BCUT2D eigenvalue weighted by atomic mass is 9.87. The quantitative estimate of drug-likeness (QED) is 0.505. The summed E-state index contributed by atoms with van der Waals surface area (Å²) < 4.78 is 5.90. The lowest BCUT2D eigenvalue weighted by molar-refractivity contribution is -0.122. The molecule has 0 aromatic heterocycles. The molecule has 0 radical (unpaired) electrons. The van der Waals surface area contributed by atoms with E-state index < -0.39 is 12.1 Å². The summed E-state index contributed by atoms with van der Waals surface area (Å²) in [6.07, 6.45) is 3.04. The van der Waals surface area contributed by atoms with Gasteiger partial charge >= 0.3 is 6.03 Å². The van der Waals surface area contributed by atoms with E-state index >= 15 is 0 Å². The number of urea groups is 1. The summed E-state index contributed by atoms with van der Waals surface area (Å²) in [5, 5.41) is 5.84. The molecule has 0 saturated carbocycles. The second-order valence-corrected chi connectivity index (χ2v) is 7.96. The lowest BCUT2D eigenvalue weighted by Gasteiger charge is -2.27. The second kappa shape index (κ2) is 10.0. The monoisotopic (exact) mass is 429 g/mol. The summed E-state index contributed by atoms with van der Waals surface area (Å²) in [5.41, 5.74) is 8.60. The van der Waals surface area contributed by atoms with Crippen molar-refractivity contribution >= 4 is 11.9 Å². The number of carbonyl (C=O) groups excluding carboxylic acids is 2. The summed E-state index contributed by atoms with van der Waals surface area (Å²) in [7, 11) is 0. The second-order valence-electron chi connectivity index (χ2n) is 7.96. The van der Waals surface area contributed by atoms with Gasteiger partial charge in [-0.05, 0) is 60.2 Å². The molecule has 3 aromatic rings. The van der Waals surface area contributed by atoms with Crippen molar-refractivity contribution in [3.63, 3.8) is 0 Å². The largest absolute Gasteiger partial charge is 0.457 e. The number of fused-ring (bicyclic) bond motifs is 1. The van der Waals surface area contributed by atoms with Crippen LogP contribution in [0.3, 0.4) is 0 Å². The van der Waals surface area contributed by atoms with Crippen molar-refractivity contribution in [3.05, 3.63) is 95.6 Å². The molecule has 164 valence electrons. The topological polar surface area (TPSA) is 93.5 Å². The van der Waals surface area contributed by atoms with Gasteiger partial charge in [0.2, 0.25) is 5.91 Å². The molecule has 0 heterocycles. The minimum atomic E-state index is -0.680. The van der Waals surface area contributed by atoms with Gasteiger partial charge in [0.05, 0.1) is 18.5 Å². The van der Waals surface area contributed by atoms with E-state index in [2.05, 4.69) is 22.8 Å². The first-order chi connectivity index (χ1) is 15.6. The van der Waals surface area contributed by atoms with E-state index in [1.54, 1.807) is 0 Å². The molecular weight excluding hydrogens is 402 g/mol. The van der Waals surface area contributed by atoms with Crippen LogP contribution in [0.15, 0.2) is 78.9 Å². The number of para-hydroxylation sites is 1. The molecule has 4 N–H and O–H groups in total. The molecule has 3 amide bonds. The van der Waals surface area contributed by atoms with E-state index in [4.69, 9.17) is 10.5 Å². The minimum Gasteiger partial charge on any atom is -0.457 e. The molecular formula is C26H27N3O3. The van der Waals surface area contributed by atoms with Crippen molar-refractivity contribution in [1.82, 2.24) is 10.6 Å². The van der Waals surface area contributed by atoms with Crippen LogP contribution in [0.1, 0.15) is 48.0 Å². The predicted molar refractivity (Wildman–Crippen MR) is 123 cm³/mol. The SMILES string of the molecule is NC(=O)N[C@@H](CC(=O)N[C@@H]1CCCc2ccccc21)c1cccc(Oc2ccccc2)c1. The first-order valence-corrected chi connectivity index (χ1v) is 10.8. The maximum atomic E-state index is 12.9. The van der Waals surface area contributed by atoms with Crippen molar-refractivity contribution in [1.29, 1.82) is 0 Å². The Morgan fingerprint density at radius 1 is 0.969 bits per heavy atom. The smallest absolute Gasteiger partial charge is 0.312 e. The molecule has 2 atom stereocenters. The summed E-state index contributed by atoms with van der Waals surface area (Å²) in [6.45, 7) is 0. The Bertz CT molecular complexity index is 1080. The van der Waals surface area contributed by atoms with Gasteiger partial charge in [0.25, 0.3) is 0 Å². The number of benzene rings is 3. The maximum absolute atomic E-state index is 12.9. The molecule has 0 aliphatic heterocycles. The van der Waals surface area contributed by atoms with Crippen LogP contribution in [0, 0.1) is 0 Å². The Hall–Kier alpha value is -3.80. The van der Waals surface area contributed by atoms with E-state index in [1.807, 2.05) is 66.7 Å². The van der Waals surface area contributed by atoms with Crippen molar-refractivity contribution in [2.75, 3.05) is 0 Å². The number of ether oxygens (including phenoxy) is 1. The van der Waals surface area contributed by atoms with Gasteiger partial charge in [-0.3, -0.25) is 4.79 Å². The first-order valence-electron chi connectivity index (χ1n) is 10.8. The Balaban J connectivity index is 1.48. The number of nitrogens with two attached hydrogens (primary N) is 1. The van der Waals surface area contributed by atoms with Gasteiger partial charge in [0.1, 0.15) is 11.5 Å². The third kappa shape index (κ3) is 5.46. The number of amides is 3. The molecule has 3 aromatic carbocycles. The molecule has 6 heteroatoms. The zero-order chi connectivity index (χ0) is 22.3. The summed E-state index contributed by atoms with van der Waals surface area (Å²) in [5.74, 6) is 1.18. The minimum absolute atomic E-state index is 0.0190. The zero-order valence-corrected chi connectivity index (χ0v) is 17.8. The van der Waals surface area contributed by atoms with Gasteiger partial charge in [0, 0.05) is 0 Å². The molecule has 0 spiro atoms. The standard InChI is InChI=1S/C26H27N3O3/c27-26(31)29-24(19-10-6-13-21(16-19)32-20-11-2-1-3-12-20)17-25(30)28-23-15-7-9-18-8-4-5-14-22(18)23/h1-6,8,10-14,16,23-24H,7,9,15,17H2,(H,28,30)(H3,27,29,31)/t23-,24+/m1/s1. The fourth-order valence-electron chi connectivity index (χ4n) is 4.19. The number of aryl methyl sites for hydroxylation is 1. The molecule has 32 heavy (non-hydrogen) atoms. The fourth-order valence-corrected chi connectivity index (χ4v) is 4.19. The van der Waals surface area contributed by atoms with Crippen molar-refractivity contribution in [3.8, 4) is 11.5 Å². The molecule has 1 aliphatic carbocycles. The number of carbonyl (C=O) groups is 2. The molecule has 1 aliphatic rings. The molecule has 4 rings (SSSR count). The highest BCUT2D eigenvalue weighted by Gasteiger charge is 2.24. The Labute approximate surface area is 187 Å². The highest BCUT2D eigenvalue weighted by atomic mass is 16.5. The number of nitrogens with one attached hydrogen (secondary N) is 2. The van der Waals surface area contributed by atoms with Gasteiger partial charge in [0.15, 0.2) is 0 Å². The van der Waals surface area contributed by atoms with Crippen molar-refractivity contribution in [2.45, 2.75) is 37.8 Å². The van der Waals surface area contributed by atoms with Crippen LogP contribution in [0.5, 0.6) is 11.5 Å². The highest BCUT2D eigenvalue weighted by molar-refractivity contribution is 5.79. The van der Waals surface area contributed by atoms with Gasteiger partial charge in [-0.15, -0.1) is 0 Å². The maximum Gasteiger partial charge on any atom is 0.312 e. The van der Waals surface area contributed by atoms with Crippen LogP contribution in [-0.4, -0.2) is 11.9 Å². The van der Waals surface area contributed by atoms with Crippen LogP contribution in [-0.2, 0) is 11.2 Å². The number of primary amides is 1. The van der Waals surface area contributed by atoms with Gasteiger partial charge < -0.3 is 21.1 Å². The first kappa shape index (κ1) is 21.4. The lowest BCUT2D eigenvalue weighted by Crippen LogP contribution is -2.38.